The highest BCUT2D eigenvalue weighted by molar-refractivity contribution is 6.16. The molecule has 5 aromatic carbocycles. The van der Waals surface area contributed by atoms with Gasteiger partial charge in [-0.1, -0.05) is 91.0 Å². The number of allylic oxidation sites excluding steroid dienone is 2. The zero-order chi connectivity index (χ0) is 21.5. The van der Waals surface area contributed by atoms with Gasteiger partial charge in [0, 0.05) is 17.5 Å². The van der Waals surface area contributed by atoms with Gasteiger partial charge < -0.3 is 11.1 Å². The largest absolute Gasteiger partial charge is 0.363 e. The minimum atomic E-state index is -0.633. The lowest BCUT2D eigenvalue weighted by Gasteiger charge is -2.31. The average molecular weight is 413 g/mol. The summed E-state index contributed by atoms with van der Waals surface area (Å²) < 4.78 is 0. The summed E-state index contributed by atoms with van der Waals surface area (Å²) in [5, 5.41) is 11.1. The number of hydrogen-bond donors (Lipinski definition) is 2. The van der Waals surface area contributed by atoms with Crippen molar-refractivity contribution >= 4 is 43.6 Å². The number of fused-ring (bicyclic) bond motifs is 4. The standard InChI is InChI=1S/C30H24N2/c31-30(17-15-22(16-18-30)21-7-2-1-3-8-21)32-28-12-6-11-23-13-14-26-19-24-9-4-5-10-25(24)20-27(26)29(23)28/h1-17,19-20,32H,18,31H2. The van der Waals surface area contributed by atoms with E-state index in [1.165, 1.54) is 43.5 Å². The van der Waals surface area contributed by atoms with Crippen LogP contribution in [0, 0.1) is 0 Å². The molecule has 0 amide bonds. The van der Waals surface area contributed by atoms with Gasteiger partial charge in [-0.3, -0.25) is 0 Å². The molecule has 0 aromatic heterocycles. The van der Waals surface area contributed by atoms with E-state index >= 15 is 0 Å². The maximum Gasteiger partial charge on any atom is 0.109 e. The summed E-state index contributed by atoms with van der Waals surface area (Å²) in [4.78, 5) is 0. The van der Waals surface area contributed by atoms with E-state index < -0.39 is 5.66 Å². The lowest BCUT2D eigenvalue weighted by Crippen LogP contribution is -2.46. The van der Waals surface area contributed by atoms with Gasteiger partial charge in [-0.15, -0.1) is 0 Å². The van der Waals surface area contributed by atoms with Crippen LogP contribution in [0.25, 0.3) is 37.9 Å². The molecule has 5 aromatic rings. The highest BCUT2D eigenvalue weighted by Crippen LogP contribution is 2.36. The Labute approximate surface area is 187 Å². The number of nitrogens with two attached hydrogens (primary N) is 1. The molecule has 2 heteroatoms. The SMILES string of the molecule is NC1(Nc2cccc3ccc4cc5ccccc5cc4c23)C=CC(c2ccccc2)=CC1. The maximum absolute atomic E-state index is 6.81. The molecule has 0 radical (unpaired) electrons. The molecular weight excluding hydrogens is 388 g/mol. The second kappa shape index (κ2) is 7.37. The van der Waals surface area contributed by atoms with Crippen molar-refractivity contribution in [1.82, 2.24) is 0 Å². The summed E-state index contributed by atoms with van der Waals surface area (Å²) in [7, 11) is 0. The predicted octanol–water partition coefficient (Wildman–Crippen LogP) is 7.26. The molecule has 1 aliphatic carbocycles. The van der Waals surface area contributed by atoms with E-state index in [0.717, 1.165) is 12.1 Å². The second-order valence-electron chi connectivity index (χ2n) is 8.62. The van der Waals surface area contributed by atoms with E-state index in [9.17, 15) is 0 Å². The fraction of sp³-hybridized carbons (Fsp3) is 0.0667. The summed E-state index contributed by atoms with van der Waals surface area (Å²) in [5.74, 6) is 0. The fourth-order valence-electron chi connectivity index (χ4n) is 4.75. The van der Waals surface area contributed by atoms with Crippen LogP contribution in [0.3, 0.4) is 0 Å². The summed E-state index contributed by atoms with van der Waals surface area (Å²) in [6.07, 6.45) is 7.16. The van der Waals surface area contributed by atoms with Gasteiger partial charge in [-0.2, -0.15) is 0 Å². The third kappa shape index (κ3) is 3.26. The van der Waals surface area contributed by atoms with Gasteiger partial charge in [0.25, 0.3) is 0 Å². The van der Waals surface area contributed by atoms with Crippen molar-refractivity contribution in [3.8, 4) is 0 Å². The Morgan fingerprint density at radius 3 is 2.19 bits per heavy atom. The molecule has 1 aliphatic rings. The first-order valence-electron chi connectivity index (χ1n) is 11.0. The lowest BCUT2D eigenvalue weighted by molar-refractivity contribution is 0.609. The Morgan fingerprint density at radius 2 is 1.41 bits per heavy atom. The van der Waals surface area contributed by atoms with Crippen molar-refractivity contribution in [3.63, 3.8) is 0 Å². The smallest absolute Gasteiger partial charge is 0.109 e. The molecule has 0 fully saturated rings. The molecule has 154 valence electrons. The first-order valence-corrected chi connectivity index (χ1v) is 11.0. The number of benzene rings is 5. The molecule has 6 rings (SSSR count). The normalized spacial score (nSPS) is 18.2. The van der Waals surface area contributed by atoms with Crippen LogP contribution in [0.5, 0.6) is 0 Å². The molecule has 2 nitrogen and oxygen atoms in total. The van der Waals surface area contributed by atoms with Crippen molar-refractivity contribution in [2.24, 2.45) is 5.73 Å². The second-order valence-corrected chi connectivity index (χ2v) is 8.62. The molecule has 0 saturated carbocycles. The zero-order valence-corrected chi connectivity index (χ0v) is 17.8. The first-order chi connectivity index (χ1) is 15.7. The number of hydrogen-bond acceptors (Lipinski definition) is 2. The molecule has 0 spiro atoms. The van der Waals surface area contributed by atoms with E-state index in [-0.39, 0.29) is 0 Å². The van der Waals surface area contributed by atoms with E-state index in [1.807, 2.05) is 6.07 Å². The Kier molecular flexibility index (Phi) is 4.34. The van der Waals surface area contributed by atoms with Crippen molar-refractivity contribution < 1.29 is 0 Å². The number of rotatable bonds is 3. The molecule has 0 saturated heterocycles. The quantitative estimate of drug-likeness (QED) is 0.186. The Bertz CT molecular complexity index is 1530. The van der Waals surface area contributed by atoms with Crippen LogP contribution in [0.4, 0.5) is 5.69 Å². The van der Waals surface area contributed by atoms with Crippen LogP contribution in [0.2, 0.25) is 0 Å². The van der Waals surface area contributed by atoms with Gasteiger partial charge in [0.15, 0.2) is 0 Å². The van der Waals surface area contributed by atoms with Gasteiger partial charge in [-0.05, 0) is 62.3 Å². The average Bonchev–Trinajstić information content (AvgIpc) is 2.83. The molecule has 0 heterocycles. The van der Waals surface area contributed by atoms with Gasteiger partial charge in [0.05, 0.1) is 0 Å². The zero-order valence-electron chi connectivity index (χ0n) is 17.8. The van der Waals surface area contributed by atoms with Gasteiger partial charge in [0.1, 0.15) is 5.66 Å². The topological polar surface area (TPSA) is 38.0 Å². The van der Waals surface area contributed by atoms with Crippen LogP contribution >= 0.6 is 0 Å². The van der Waals surface area contributed by atoms with Crippen molar-refractivity contribution in [2.75, 3.05) is 5.32 Å². The number of anilines is 1. The lowest BCUT2D eigenvalue weighted by atomic mass is 9.92. The Balaban J connectivity index is 1.43. The van der Waals surface area contributed by atoms with E-state index in [4.69, 9.17) is 5.73 Å². The van der Waals surface area contributed by atoms with Gasteiger partial charge in [-0.25, -0.2) is 0 Å². The Morgan fingerprint density at radius 1 is 0.688 bits per heavy atom. The maximum atomic E-state index is 6.81. The van der Waals surface area contributed by atoms with Crippen LogP contribution in [0.15, 0.2) is 115 Å². The van der Waals surface area contributed by atoms with E-state index in [2.05, 4.69) is 115 Å². The predicted molar refractivity (Wildman–Crippen MR) is 138 cm³/mol. The van der Waals surface area contributed by atoms with Crippen molar-refractivity contribution in [3.05, 3.63) is 121 Å². The molecular formula is C30H24N2. The van der Waals surface area contributed by atoms with Crippen LogP contribution in [-0.4, -0.2) is 5.66 Å². The molecule has 0 aliphatic heterocycles. The molecule has 1 unspecified atom stereocenters. The van der Waals surface area contributed by atoms with Crippen LogP contribution in [-0.2, 0) is 0 Å². The van der Waals surface area contributed by atoms with Gasteiger partial charge >= 0.3 is 0 Å². The minimum absolute atomic E-state index is 0.633. The summed E-state index contributed by atoms with van der Waals surface area (Å²) in [5.41, 5.74) is 9.67. The van der Waals surface area contributed by atoms with Gasteiger partial charge in [0.2, 0.25) is 0 Å². The van der Waals surface area contributed by atoms with Crippen LogP contribution < -0.4 is 11.1 Å². The monoisotopic (exact) mass is 412 g/mol. The molecule has 3 N–H and O–H groups in total. The third-order valence-corrected chi connectivity index (χ3v) is 6.42. The Hall–Kier alpha value is -3.88. The van der Waals surface area contributed by atoms with E-state index in [0.29, 0.717) is 0 Å². The molecule has 0 bridgehead atoms. The summed E-state index contributed by atoms with van der Waals surface area (Å²) in [6, 6.07) is 34.3. The third-order valence-electron chi connectivity index (χ3n) is 6.42. The minimum Gasteiger partial charge on any atom is -0.363 e. The molecule has 1 atom stereocenters. The number of nitrogens with one attached hydrogen (secondary N) is 1. The van der Waals surface area contributed by atoms with Crippen molar-refractivity contribution in [2.45, 2.75) is 12.1 Å². The summed E-state index contributed by atoms with van der Waals surface area (Å²) >= 11 is 0. The summed E-state index contributed by atoms with van der Waals surface area (Å²) in [6.45, 7) is 0. The highest BCUT2D eigenvalue weighted by Gasteiger charge is 2.24. The fourth-order valence-corrected chi connectivity index (χ4v) is 4.75. The highest BCUT2D eigenvalue weighted by atomic mass is 15.1. The van der Waals surface area contributed by atoms with Crippen LogP contribution in [0.1, 0.15) is 12.0 Å². The van der Waals surface area contributed by atoms with E-state index in [1.54, 1.807) is 0 Å². The first kappa shape index (κ1) is 18.9. The molecule has 32 heavy (non-hydrogen) atoms. The van der Waals surface area contributed by atoms with Crippen molar-refractivity contribution in [1.29, 1.82) is 0 Å².